The normalized spacial score (nSPS) is 19.8. The fourth-order valence-corrected chi connectivity index (χ4v) is 2.49. The van der Waals surface area contributed by atoms with Gasteiger partial charge in [-0.25, -0.2) is 0 Å². The van der Waals surface area contributed by atoms with Crippen molar-refractivity contribution in [1.29, 1.82) is 0 Å². The van der Waals surface area contributed by atoms with Gasteiger partial charge in [-0.15, -0.1) is 0 Å². The van der Waals surface area contributed by atoms with Gasteiger partial charge in [-0.3, -0.25) is 4.79 Å². The highest BCUT2D eigenvalue weighted by Gasteiger charge is 2.26. The Labute approximate surface area is 107 Å². The Morgan fingerprint density at radius 2 is 2.24 bits per heavy atom. The molecule has 1 aliphatic rings. The summed E-state index contributed by atoms with van der Waals surface area (Å²) in [5.41, 5.74) is 1.14. The molecular formula is C13H17NO2S. The van der Waals surface area contributed by atoms with Gasteiger partial charge in [0.1, 0.15) is 5.75 Å². The molecule has 0 N–H and O–H groups in total. The summed E-state index contributed by atoms with van der Waals surface area (Å²) in [5, 5.41) is 0.195. The zero-order valence-electron chi connectivity index (χ0n) is 9.93. The minimum atomic E-state index is 0.195. The highest BCUT2D eigenvalue weighted by atomic mass is 32.1. The maximum absolute atomic E-state index is 11.6. The molecule has 0 spiro atoms. The molecule has 1 aliphatic heterocycles. The highest BCUT2D eigenvalue weighted by molar-refractivity contribution is 7.81. The van der Waals surface area contributed by atoms with Crippen LogP contribution in [0.5, 0.6) is 5.75 Å². The van der Waals surface area contributed by atoms with Gasteiger partial charge in [0.2, 0.25) is 5.91 Å². The molecule has 1 heterocycles. The van der Waals surface area contributed by atoms with E-state index >= 15 is 0 Å². The average Bonchev–Trinajstić information content (AvgIpc) is 2.65. The third-order valence-corrected chi connectivity index (χ3v) is 3.38. The number of rotatable bonds is 4. The molecule has 0 aromatic heterocycles. The van der Waals surface area contributed by atoms with E-state index in [1.807, 2.05) is 29.2 Å². The number of carbonyl (C=O) groups is 1. The summed E-state index contributed by atoms with van der Waals surface area (Å²) < 4.78 is 5.29. The van der Waals surface area contributed by atoms with E-state index in [1.165, 1.54) is 0 Å². The van der Waals surface area contributed by atoms with Crippen molar-refractivity contribution in [3.05, 3.63) is 29.8 Å². The molecule has 0 saturated carbocycles. The topological polar surface area (TPSA) is 29.5 Å². The minimum Gasteiger partial charge on any atom is -0.496 e. The van der Waals surface area contributed by atoms with Gasteiger partial charge in [-0.05, 0) is 18.1 Å². The van der Waals surface area contributed by atoms with Crippen molar-refractivity contribution in [2.45, 2.75) is 18.1 Å². The summed E-state index contributed by atoms with van der Waals surface area (Å²) in [6, 6.07) is 7.93. The Hall–Kier alpha value is -1.16. The Bertz CT molecular complexity index is 408. The number of ether oxygens (including phenoxy) is 1. The van der Waals surface area contributed by atoms with Gasteiger partial charge in [0.15, 0.2) is 0 Å². The third kappa shape index (κ3) is 2.94. The fraction of sp³-hybridized carbons (Fsp3) is 0.462. The predicted molar refractivity (Wildman–Crippen MR) is 70.7 cm³/mol. The number of likely N-dealkylation sites (tertiary alicyclic amines) is 1. The molecule has 1 amide bonds. The Balaban J connectivity index is 1.96. The number of hydrogen-bond donors (Lipinski definition) is 1. The second-order valence-electron chi connectivity index (χ2n) is 4.26. The Morgan fingerprint density at radius 1 is 1.47 bits per heavy atom. The maximum atomic E-state index is 11.6. The number of thiol groups is 1. The molecule has 1 aromatic rings. The lowest BCUT2D eigenvalue weighted by Gasteiger charge is -2.16. The van der Waals surface area contributed by atoms with E-state index in [0.717, 1.165) is 30.8 Å². The molecule has 1 aromatic carbocycles. The maximum Gasteiger partial charge on any atom is 0.223 e. The standard InChI is InChI=1S/C13H17NO2S/c1-16-12-5-3-2-4-10(12)6-7-14-9-11(17)8-13(14)15/h2-5,11,17H,6-9H2,1H3. The average molecular weight is 251 g/mol. The molecule has 1 fully saturated rings. The van der Waals surface area contributed by atoms with Gasteiger partial charge in [-0.2, -0.15) is 12.6 Å². The number of methoxy groups -OCH3 is 1. The van der Waals surface area contributed by atoms with Crippen LogP contribution in [0.2, 0.25) is 0 Å². The summed E-state index contributed by atoms with van der Waals surface area (Å²) in [5.74, 6) is 1.10. The molecule has 1 unspecified atom stereocenters. The van der Waals surface area contributed by atoms with Crippen molar-refractivity contribution < 1.29 is 9.53 Å². The van der Waals surface area contributed by atoms with Crippen LogP contribution in [0.3, 0.4) is 0 Å². The van der Waals surface area contributed by atoms with E-state index in [2.05, 4.69) is 12.6 Å². The van der Waals surface area contributed by atoms with Crippen LogP contribution in [-0.4, -0.2) is 36.3 Å². The van der Waals surface area contributed by atoms with Gasteiger partial charge in [-0.1, -0.05) is 18.2 Å². The highest BCUT2D eigenvalue weighted by Crippen LogP contribution is 2.20. The summed E-state index contributed by atoms with van der Waals surface area (Å²) in [4.78, 5) is 13.5. The van der Waals surface area contributed by atoms with Gasteiger partial charge in [0.05, 0.1) is 7.11 Å². The minimum absolute atomic E-state index is 0.195. The predicted octanol–water partition coefficient (Wildman–Crippen LogP) is 1.77. The van der Waals surface area contributed by atoms with Crippen molar-refractivity contribution >= 4 is 18.5 Å². The van der Waals surface area contributed by atoms with E-state index < -0.39 is 0 Å². The first kappa shape index (κ1) is 12.3. The number of carbonyl (C=O) groups excluding carboxylic acids is 1. The van der Waals surface area contributed by atoms with Crippen molar-refractivity contribution in [3.8, 4) is 5.75 Å². The molecule has 0 radical (unpaired) electrons. The van der Waals surface area contributed by atoms with Crippen LogP contribution in [0.1, 0.15) is 12.0 Å². The van der Waals surface area contributed by atoms with Crippen molar-refractivity contribution in [3.63, 3.8) is 0 Å². The van der Waals surface area contributed by atoms with Crippen LogP contribution in [-0.2, 0) is 11.2 Å². The lowest BCUT2D eigenvalue weighted by Crippen LogP contribution is -2.27. The zero-order chi connectivity index (χ0) is 12.3. The number of hydrogen-bond acceptors (Lipinski definition) is 3. The summed E-state index contributed by atoms with van der Waals surface area (Å²) in [6.07, 6.45) is 1.39. The smallest absolute Gasteiger partial charge is 0.223 e. The summed E-state index contributed by atoms with van der Waals surface area (Å²) in [6.45, 7) is 1.51. The molecule has 0 aliphatic carbocycles. The molecule has 2 rings (SSSR count). The van der Waals surface area contributed by atoms with E-state index in [-0.39, 0.29) is 11.2 Å². The third-order valence-electron chi connectivity index (χ3n) is 3.04. The van der Waals surface area contributed by atoms with Crippen molar-refractivity contribution in [2.75, 3.05) is 20.2 Å². The quantitative estimate of drug-likeness (QED) is 0.826. The Kier molecular flexibility index (Phi) is 3.94. The van der Waals surface area contributed by atoms with Crippen molar-refractivity contribution in [1.82, 2.24) is 4.90 Å². The molecule has 92 valence electrons. The lowest BCUT2D eigenvalue weighted by molar-refractivity contribution is -0.127. The van der Waals surface area contributed by atoms with Gasteiger partial charge in [0.25, 0.3) is 0 Å². The molecular weight excluding hydrogens is 234 g/mol. The monoisotopic (exact) mass is 251 g/mol. The first-order chi connectivity index (χ1) is 8.20. The van der Waals surface area contributed by atoms with E-state index in [9.17, 15) is 4.79 Å². The van der Waals surface area contributed by atoms with Crippen LogP contribution in [0.15, 0.2) is 24.3 Å². The van der Waals surface area contributed by atoms with Crippen LogP contribution >= 0.6 is 12.6 Å². The zero-order valence-corrected chi connectivity index (χ0v) is 10.8. The summed E-state index contributed by atoms with van der Waals surface area (Å²) in [7, 11) is 1.67. The van der Waals surface area contributed by atoms with E-state index in [4.69, 9.17) is 4.74 Å². The molecule has 4 heteroatoms. The second-order valence-corrected chi connectivity index (χ2v) is 4.99. The molecule has 1 saturated heterocycles. The van der Waals surface area contributed by atoms with Crippen LogP contribution in [0.4, 0.5) is 0 Å². The summed E-state index contributed by atoms with van der Waals surface area (Å²) >= 11 is 4.34. The van der Waals surface area contributed by atoms with Gasteiger partial charge >= 0.3 is 0 Å². The lowest BCUT2D eigenvalue weighted by atomic mass is 10.1. The van der Waals surface area contributed by atoms with Crippen molar-refractivity contribution in [2.24, 2.45) is 0 Å². The number of amides is 1. The Morgan fingerprint density at radius 3 is 2.88 bits per heavy atom. The first-order valence-corrected chi connectivity index (χ1v) is 6.30. The molecule has 17 heavy (non-hydrogen) atoms. The van der Waals surface area contributed by atoms with E-state index in [1.54, 1.807) is 7.11 Å². The molecule has 1 atom stereocenters. The van der Waals surface area contributed by atoms with Crippen LogP contribution in [0.25, 0.3) is 0 Å². The number of para-hydroxylation sites is 1. The molecule has 0 bridgehead atoms. The molecule has 3 nitrogen and oxygen atoms in total. The van der Waals surface area contributed by atoms with Gasteiger partial charge in [0, 0.05) is 24.8 Å². The largest absolute Gasteiger partial charge is 0.496 e. The van der Waals surface area contributed by atoms with E-state index in [0.29, 0.717) is 6.42 Å². The second kappa shape index (κ2) is 5.45. The van der Waals surface area contributed by atoms with Gasteiger partial charge < -0.3 is 9.64 Å². The first-order valence-electron chi connectivity index (χ1n) is 5.78. The van der Waals surface area contributed by atoms with Crippen LogP contribution in [0, 0.1) is 0 Å². The fourth-order valence-electron chi connectivity index (χ4n) is 2.13. The number of nitrogens with zero attached hydrogens (tertiary/aromatic N) is 1. The number of benzene rings is 1. The van der Waals surface area contributed by atoms with Crippen LogP contribution < -0.4 is 4.74 Å². The SMILES string of the molecule is COc1ccccc1CCN1CC(S)CC1=O.